The highest BCUT2D eigenvalue weighted by molar-refractivity contribution is 14.1. The number of nitrogens with two attached hydrogens (primary N) is 1. The van der Waals surface area contributed by atoms with E-state index in [-0.39, 0.29) is 18.0 Å². The molecule has 0 aliphatic heterocycles. The minimum atomic E-state index is 0.125. The van der Waals surface area contributed by atoms with Crippen LogP contribution >= 0.6 is 22.6 Å². The molecule has 0 aliphatic rings. The third-order valence-electron chi connectivity index (χ3n) is 2.18. The SMILES string of the molecule is CCCOc1nc(NN)nc(Oc2ccc(I)cc2)n1. The van der Waals surface area contributed by atoms with Crippen molar-refractivity contribution in [3.05, 3.63) is 27.8 Å². The van der Waals surface area contributed by atoms with Gasteiger partial charge in [0.25, 0.3) is 0 Å². The molecule has 1 heterocycles. The molecule has 0 bridgehead atoms. The van der Waals surface area contributed by atoms with Crippen LogP contribution in [0, 0.1) is 3.57 Å². The summed E-state index contributed by atoms with van der Waals surface area (Å²) in [5, 5.41) is 0. The molecule has 0 aliphatic carbocycles. The minimum absolute atomic E-state index is 0.125. The fourth-order valence-corrected chi connectivity index (χ4v) is 1.67. The van der Waals surface area contributed by atoms with Crippen molar-refractivity contribution in [3.8, 4) is 17.8 Å². The Kier molecular flexibility index (Phi) is 5.30. The van der Waals surface area contributed by atoms with E-state index >= 15 is 0 Å². The number of nitrogen functional groups attached to an aromatic ring is 1. The first-order valence-corrected chi connectivity index (χ1v) is 7.08. The van der Waals surface area contributed by atoms with E-state index in [2.05, 4.69) is 43.0 Å². The molecule has 0 saturated carbocycles. The minimum Gasteiger partial charge on any atom is -0.463 e. The second-order valence-electron chi connectivity index (χ2n) is 3.77. The van der Waals surface area contributed by atoms with Gasteiger partial charge < -0.3 is 9.47 Å². The highest BCUT2D eigenvalue weighted by Crippen LogP contribution is 2.21. The molecular weight excluding hydrogens is 373 g/mol. The molecule has 2 rings (SSSR count). The number of halogens is 1. The lowest BCUT2D eigenvalue weighted by Crippen LogP contribution is -2.13. The Labute approximate surface area is 130 Å². The maximum Gasteiger partial charge on any atom is 0.330 e. The lowest BCUT2D eigenvalue weighted by molar-refractivity contribution is 0.285. The number of hydrazine groups is 1. The van der Waals surface area contributed by atoms with E-state index in [1.807, 2.05) is 31.2 Å². The van der Waals surface area contributed by atoms with Gasteiger partial charge in [-0.3, -0.25) is 5.43 Å². The summed E-state index contributed by atoms with van der Waals surface area (Å²) >= 11 is 2.22. The summed E-state index contributed by atoms with van der Waals surface area (Å²) in [5.41, 5.74) is 2.36. The van der Waals surface area contributed by atoms with E-state index in [1.54, 1.807) is 0 Å². The molecule has 3 N–H and O–H groups in total. The van der Waals surface area contributed by atoms with Crippen LogP contribution in [0.25, 0.3) is 0 Å². The zero-order valence-corrected chi connectivity index (χ0v) is 13.0. The largest absolute Gasteiger partial charge is 0.463 e. The average molecular weight is 387 g/mol. The summed E-state index contributed by atoms with van der Waals surface area (Å²) in [6.45, 7) is 2.50. The van der Waals surface area contributed by atoms with Crippen molar-refractivity contribution < 1.29 is 9.47 Å². The molecule has 1 aromatic carbocycles. The quantitative estimate of drug-likeness (QED) is 0.446. The molecular formula is C12H14IN5O2. The van der Waals surface area contributed by atoms with E-state index in [4.69, 9.17) is 15.3 Å². The highest BCUT2D eigenvalue weighted by Gasteiger charge is 2.09. The number of anilines is 1. The Bertz CT molecular complexity index is 564. The number of hydrogen-bond acceptors (Lipinski definition) is 7. The van der Waals surface area contributed by atoms with Crippen molar-refractivity contribution in [1.82, 2.24) is 15.0 Å². The molecule has 0 amide bonds. The summed E-state index contributed by atoms with van der Waals surface area (Å²) in [4.78, 5) is 12.1. The first kappa shape index (κ1) is 14.7. The molecule has 0 unspecified atom stereocenters. The van der Waals surface area contributed by atoms with Crippen LogP contribution in [0.5, 0.6) is 17.8 Å². The molecule has 7 nitrogen and oxygen atoms in total. The van der Waals surface area contributed by atoms with Gasteiger partial charge in [-0.1, -0.05) is 6.92 Å². The Morgan fingerprint density at radius 1 is 1.15 bits per heavy atom. The topological polar surface area (TPSA) is 95.2 Å². The lowest BCUT2D eigenvalue weighted by atomic mass is 10.3. The number of rotatable bonds is 6. The third kappa shape index (κ3) is 4.17. The summed E-state index contributed by atoms with van der Waals surface area (Å²) in [5.74, 6) is 6.13. The van der Waals surface area contributed by atoms with Gasteiger partial charge in [0, 0.05) is 3.57 Å². The first-order chi connectivity index (χ1) is 9.71. The van der Waals surface area contributed by atoms with Gasteiger partial charge in [0.05, 0.1) is 6.61 Å². The Hall–Kier alpha value is -1.68. The number of nitrogens with zero attached hydrogens (tertiary/aromatic N) is 3. The summed E-state index contributed by atoms with van der Waals surface area (Å²) in [6.07, 6.45) is 0.852. The second-order valence-corrected chi connectivity index (χ2v) is 5.02. The average Bonchev–Trinajstić information content (AvgIpc) is 2.47. The number of aromatic nitrogens is 3. The van der Waals surface area contributed by atoms with Crippen LogP contribution < -0.4 is 20.7 Å². The van der Waals surface area contributed by atoms with Crippen molar-refractivity contribution in [2.45, 2.75) is 13.3 Å². The van der Waals surface area contributed by atoms with Crippen molar-refractivity contribution in [1.29, 1.82) is 0 Å². The van der Waals surface area contributed by atoms with Gasteiger partial charge in [0.15, 0.2) is 0 Å². The monoisotopic (exact) mass is 387 g/mol. The van der Waals surface area contributed by atoms with Crippen LogP contribution in [0.15, 0.2) is 24.3 Å². The number of benzene rings is 1. The van der Waals surface area contributed by atoms with Crippen molar-refractivity contribution in [2.24, 2.45) is 5.84 Å². The van der Waals surface area contributed by atoms with Gasteiger partial charge in [-0.15, -0.1) is 4.98 Å². The predicted molar refractivity (Wildman–Crippen MR) is 82.7 cm³/mol. The fraction of sp³-hybridized carbons (Fsp3) is 0.250. The number of nitrogens with one attached hydrogen (secondary N) is 1. The fourth-order valence-electron chi connectivity index (χ4n) is 1.31. The highest BCUT2D eigenvalue weighted by atomic mass is 127. The van der Waals surface area contributed by atoms with E-state index in [1.165, 1.54) is 0 Å². The Balaban J connectivity index is 2.19. The van der Waals surface area contributed by atoms with Crippen molar-refractivity contribution in [3.63, 3.8) is 0 Å². The van der Waals surface area contributed by atoms with Crippen LogP contribution in [0.2, 0.25) is 0 Å². The zero-order chi connectivity index (χ0) is 14.4. The molecule has 0 radical (unpaired) electrons. The molecule has 8 heteroatoms. The van der Waals surface area contributed by atoms with E-state index in [0.717, 1.165) is 9.99 Å². The smallest absolute Gasteiger partial charge is 0.330 e. The van der Waals surface area contributed by atoms with Crippen LogP contribution in [-0.4, -0.2) is 21.6 Å². The normalized spacial score (nSPS) is 10.2. The van der Waals surface area contributed by atoms with E-state index in [0.29, 0.717) is 12.4 Å². The van der Waals surface area contributed by atoms with Crippen LogP contribution in [-0.2, 0) is 0 Å². The van der Waals surface area contributed by atoms with Gasteiger partial charge in [-0.25, -0.2) is 5.84 Å². The number of ether oxygens (including phenoxy) is 2. The molecule has 0 spiro atoms. The van der Waals surface area contributed by atoms with Gasteiger partial charge in [0.1, 0.15) is 5.75 Å². The van der Waals surface area contributed by atoms with Gasteiger partial charge in [0.2, 0.25) is 5.95 Å². The zero-order valence-electron chi connectivity index (χ0n) is 10.8. The standard InChI is InChI=1S/C12H14IN5O2/c1-2-7-19-11-15-10(18-14)16-12(17-11)20-9-5-3-8(13)4-6-9/h3-6H,2,7,14H2,1H3,(H,15,16,17,18). The maximum atomic E-state index is 5.56. The van der Waals surface area contributed by atoms with Gasteiger partial charge >= 0.3 is 12.0 Å². The molecule has 0 saturated heterocycles. The van der Waals surface area contributed by atoms with Crippen LogP contribution in [0.1, 0.15) is 13.3 Å². The second kappa shape index (κ2) is 7.20. The van der Waals surface area contributed by atoms with E-state index in [9.17, 15) is 0 Å². The molecule has 106 valence electrons. The molecule has 2 aromatic rings. The molecule has 20 heavy (non-hydrogen) atoms. The Morgan fingerprint density at radius 3 is 2.50 bits per heavy atom. The maximum absolute atomic E-state index is 5.56. The summed E-state index contributed by atoms with van der Waals surface area (Å²) in [7, 11) is 0. The van der Waals surface area contributed by atoms with Crippen LogP contribution in [0.3, 0.4) is 0 Å². The van der Waals surface area contributed by atoms with Crippen molar-refractivity contribution in [2.75, 3.05) is 12.0 Å². The molecule has 0 atom stereocenters. The molecule has 0 fully saturated rings. The van der Waals surface area contributed by atoms with Crippen molar-refractivity contribution >= 4 is 28.5 Å². The Morgan fingerprint density at radius 2 is 1.85 bits per heavy atom. The van der Waals surface area contributed by atoms with Crippen LogP contribution in [0.4, 0.5) is 5.95 Å². The number of hydrogen-bond donors (Lipinski definition) is 2. The first-order valence-electron chi connectivity index (χ1n) is 6.00. The summed E-state index contributed by atoms with van der Waals surface area (Å²) in [6, 6.07) is 7.80. The predicted octanol–water partition coefficient (Wildman–Crippen LogP) is 2.34. The summed E-state index contributed by atoms with van der Waals surface area (Å²) < 4.78 is 12.0. The van der Waals surface area contributed by atoms with E-state index < -0.39 is 0 Å². The lowest BCUT2D eigenvalue weighted by Gasteiger charge is -2.08. The molecule has 1 aromatic heterocycles. The van der Waals surface area contributed by atoms with Gasteiger partial charge in [-0.2, -0.15) is 9.97 Å². The van der Waals surface area contributed by atoms with Gasteiger partial charge in [-0.05, 0) is 53.3 Å². The third-order valence-corrected chi connectivity index (χ3v) is 2.90.